The molecular formula is C12H12N2O3. The van der Waals surface area contributed by atoms with Crippen LogP contribution in [0.1, 0.15) is 15.9 Å². The van der Waals surface area contributed by atoms with Gasteiger partial charge < -0.3 is 14.4 Å². The molecule has 0 radical (unpaired) electrons. The molecule has 2 rings (SSSR count). The molecule has 0 aliphatic carbocycles. The Hall–Kier alpha value is -2.30. The first-order chi connectivity index (χ1) is 8.08. The van der Waals surface area contributed by atoms with Crippen molar-refractivity contribution in [3.63, 3.8) is 0 Å². The average Bonchev–Trinajstić information content (AvgIpc) is 2.64. The van der Waals surface area contributed by atoms with E-state index in [2.05, 4.69) is 4.98 Å². The zero-order valence-electron chi connectivity index (χ0n) is 9.54. The number of carboxylic acid groups (broad SMARTS) is 1. The van der Waals surface area contributed by atoms with Gasteiger partial charge in [0.1, 0.15) is 11.3 Å². The van der Waals surface area contributed by atoms with Crippen LogP contribution in [0.25, 0.3) is 0 Å². The number of rotatable bonds is 3. The highest BCUT2D eigenvalue weighted by Gasteiger charge is 2.13. The summed E-state index contributed by atoms with van der Waals surface area (Å²) < 4.78 is 7.17. The number of hydrogen-bond donors (Lipinski definition) is 1. The molecule has 0 bridgehead atoms. The molecule has 2 aromatic rings. The molecule has 1 aromatic carbocycles. The van der Waals surface area contributed by atoms with Crippen molar-refractivity contribution in [3.05, 3.63) is 41.7 Å². The predicted molar refractivity (Wildman–Crippen MR) is 61.4 cm³/mol. The fourth-order valence-corrected chi connectivity index (χ4v) is 1.44. The summed E-state index contributed by atoms with van der Waals surface area (Å²) in [5.41, 5.74) is 1.05. The Kier molecular flexibility index (Phi) is 2.82. The lowest BCUT2D eigenvalue weighted by atomic mass is 10.1. The van der Waals surface area contributed by atoms with Crippen molar-refractivity contribution in [3.8, 4) is 11.8 Å². The van der Waals surface area contributed by atoms with Crippen LogP contribution in [0.5, 0.6) is 11.8 Å². The Balaban J connectivity index is 2.41. The number of aryl methyl sites for hydroxylation is 2. The first kappa shape index (κ1) is 11.2. The number of benzene rings is 1. The highest BCUT2D eigenvalue weighted by molar-refractivity contribution is 5.91. The van der Waals surface area contributed by atoms with E-state index in [1.807, 2.05) is 6.92 Å². The van der Waals surface area contributed by atoms with Crippen LogP contribution in [0.2, 0.25) is 0 Å². The molecule has 0 fully saturated rings. The average molecular weight is 232 g/mol. The lowest BCUT2D eigenvalue weighted by Gasteiger charge is -2.08. The summed E-state index contributed by atoms with van der Waals surface area (Å²) in [7, 11) is 1.78. The third-order valence-electron chi connectivity index (χ3n) is 2.35. The Labute approximate surface area is 98.3 Å². The van der Waals surface area contributed by atoms with Crippen LogP contribution in [-0.4, -0.2) is 20.6 Å². The minimum atomic E-state index is -1.02. The number of carboxylic acids is 1. The lowest BCUT2D eigenvalue weighted by molar-refractivity contribution is 0.0694. The van der Waals surface area contributed by atoms with Crippen molar-refractivity contribution < 1.29 is 14.6 Å². The van der Waals surface area contributed by atoms with Crippen molar-refractivity contribution in [1.29, 1.82) is 0 Å². The molecule has 0 unspecified atom stereocenters. The van der Waals surface area contributed by atoms with Crippen molar-refractivity contribution in [2.45, 2.75) is 6.92 Å². The van der Waals surface area contributed by atoms with Gasteiger partial charge in [-0.15, -0.1) is 0 Å². The maximum Gasteiger partial charge on any atom is 0.339 e. The smallest absolute Gasteiger partial charge is 0.339 e. The quantitative estimate of drug-likeness (QED) is 0.881. The number of ether oxygens (including phenoxy) is 1. The van der Waals surface area contributed by atoms with E-state index in [0.29, 0.717) is 11.8 Å². The number of aromatic nitrogens is 2. The summed E-state index contributed by atoms with van der Waals surface area (Å²) in [5, 5.41) is 9.05. The molecule has 5 heteroatoms. The summed E-state index contributed by atoms with van der Waals surface area (Å²) in [6, 6.07) is 5.29. The van der Waals surface area contributed by atoms with Crippen LogP contribution in [0.3, 0.4) is 0 Å². The van der Waals surface area contributed by atoms with Crippen molar-refractivity contribution >= 4 is 5.97 Å². The van der Waals surface area contributed by atoms with Gasteiger partial charge in [-0.25, -0.2) is 9.78 Å². The van der Waals surface area contributed by atoms with Gasteiger partial charge in [-0.1, -0.05) is 6.07 Å². The Bertz CT molecular complexity index is 561. The van der Waals surface area contributed by atoms with Gasteiger partial charge in [0.25, 0.3) is 0 Å². The van der Waals surface area contributed by atoms with Gasteiger partial charge >= 0.3 is 12.0 Å². The van der Waals surface area contributed by atoms with E-state index < -0.39 is 5.97 Å². The van der Waals surface area contributed by atoms with Gasteiger partial charge in [0, 0.05) is 19.4 Å². The molecule has 1 heterocycles. The standard InChI is InChI=1S/C12H12N2O3/c1-8-3-4-9(11(15)16)10(7-8)17-12-13-5-6-14(12)2/h3-7H,1-2H3,(H,15,16). The number of imidazole rings is 1. The van der Waals surface area contributed by atoms with E-state index >= 15 is 0 Å². The van der Waals surface area contributed by atoms with Gasteiger partial charge in [-0.3, -0.25) is 0 Å². The maximum absolute atomic E-state index is 11.0. The highest BCUT2D eigenvalue weighted by atomic mass is 16.5. The molecule has 1 aromatic heterocycles. The molecule has 0 aliphatic rings. The molecule has 0 aliphatic heterocycles. The summed E-state index contributed by atoms with van der Waals surface area (Å²) in [6.07, 6.45) is 3.32. The molecular weight excluding hydrogens is 220 g/mol. The third kappa shape index (κ3) is 2.28. The van der Waals surface area contributed by atoms with Crippen molar-refractivity contribution in [2.75, 3.05) is 0 Å². The summed E-state index contributed by atoms with van der Waals surface area (Å²) in [4.78, 5) is 15.0. The molecule has 17 heavy (non-hydrogen) atoms. The van der Waals surface area contributed by atoms with Crippen LogP contribution in [0.4, 0.5) is 0 Å². The van der Waals surface area contributed by atoms with Gasteiger partial charge in [0.05, 0.1) is 0 Å². The summed E-state index contributed by atoms with van der Waals surface area (Å²) in [5.74, 6) is -0.721. The van der Waals surface area contributed by atoms with E-state index in [-0.39, 0.29) is 5.56 Å². The second kappa shape index (κ2) is 4.29. The molecule has 88 valence electrons. The van der Waals surface area contributed by atoms with Crippen LogP contribution in [0.15, 0.2) is 30.6 Å². The Morgan fingerprint density at radius 2 is 2.24 bits per heavy atom. The Morgan fingerprint density at radius 1 is 1.47 bits per heavy atom. The monoisotopic (exact) mass is 232 g/mol. The molecule has 1 N–H and O–H groups in total. The predicted octanol–water partition coefficient (Wildman–Crippen LogP) is 2.22. The largest absolute Gasteiger partial charge is 0.478 e. The number of aromatic carboxylic acids is 1. The van der Waals surface area contributed by atoms with E-state index in [0.717, 1.165) is 5.56 Å². The number of nitrogens with zero attached hydrogens (tertiary/aromatic N) is 2. The van der Waals surface area contributed by atoms with Gasteiger partial charge in [0.2, 0.25) is 0 Å². The second-order valence-corrected chi connectivity index (χ2v) is 3.73. The van der Waals surface area contributed by atoms with Gasteiger partial charge in [0.15, 0.2) is 0 Å². The SMILES string of the molecule is Cc1ccc(C(=O)O)c(Oc2nccn2C)c1. The maximum atomic E-state index is 11.0. The van der Waals surface area contributed by atoms with Crippen LogP contribution in [-0.2, 0) is 7.05 Å². The number of hydrogen-bond acceptors (Lipinski definition) is 3. The fraction of sp³-hybridized carbons (Fsp3) is 0.167. The molecule has 0 saturated carbocycles. The van der Waals surface area contributed by atoms with Crippen molar-refractivity contribution in [2.24, 2.45) is 7.05 Å². The topological polar surface area (TPSA) is 64.3 Å². The molecule has 0 amide bonds. The van der Waals surface area contributed by atoms with E-state index in [1.54, 1.807) is 36.1 Å². The second-order valence-electron chi connectivity index (χ2n) is 3.73. The first-order valence-corrected chi connectivity index (χ1v) is 5.07. The van der Waals surface area contributed by atoms with E-state index in [9.17, 15) is 4.79 Å². The highest BCUT2D eigenvalue weighted by Crippen LogP contribution is 2.25. The third-order valence-corrected chi connectivity index (χ3v) is 2.35. The molecule has 5 nitrogen and oxygen atoms in total. The van der Waals surface area contributed by atoms with Crippen molar-refractivity contribution in [1.82, 2.24) is 9.55 Å². The first-order valence-electron chi connectivity index (χ1n) is 5.07. The molecule has 0 atom stereocenters. The minimum absolute atomic E-state index is 0.124. The van der Waals surface area contributed by atoms with Crippen LogP contribution >= 0.6 is 0 Å². The summed E-state index contributed by atoms with van der Waals surface area (Å²) >= 11 is 0. The zero-order valence-corrected chi connectivity index (χ0v) is 9.54. The van der Waals surface area contributed by atoms with Crippen LogP contribution in [0, 0.1) is 6.92 Å². The molecule has 0 saturated heterocycles. The van der Waals surface area contributed by atoms with Gasteiger partial charge in [-0.05, 0) is 24.6 Å². The van der Waals surface area contributed by atoms with E-state index in [1.165, 1.54) is 6.07 Å². The Morgan fingerprint density at radius 3 is 2.82 bits per heavy atom. The summed E-state index contributed by atoms with van der Waals surface area (Å²) in [6.45, 7) is 1.87. The van der Waals surface area contributed by atoms with E-state index in [4.69, 9.17) is 9.84 Å². The van der Waals surface area contributed by atoms with Crippen LogP contribution < -0.4 is 4.74 Å². The normalized spacial score (nSPS) is 10.2. The zero-order chi connectivity index (χ0) is 12.4. The molecule has 0 spiro atoms. The lowest BCUT2D eigenvalue weighted by Crippen LogP contribution is -2.02. The fourth-order valence-electron chi connectivity index (χ4n) is 1.44. The van der Waals surface area contributed by atoms with Gasteiger partial charge in [-0.2, -0.15) is 0 Å². The number of carbonyl (C=O) groups is 1. The minimum Gasteiger partial charge on any atom is -0.478 e.